The molecule has 1 nitrogen and oxygen atoms in total. The Bertz CT molecular complexity index is 1450. The van der Waals surface area contributed by atoms with Gasteiger partial charge in [-0.3, -0.25) is 0 Å². The molecule has 4 rings (SSSR count). The first kappa shape index (κ1) is 32.2. The summed E-state index contributed by atoms with van der Waals surface area (Å²) in [5.41, 5.74) is 24.3. The third kappa shape index (κ3) is 6.04. The van der Waals surface area contributed by atoms with Crippen molar-refractivity contribution in [2.75, 3.05) is 0 Å². The van der Waals surface area contributed by atoms with Crippen molar-refractivity contribution in [2.45, 2.75) is 134 Å². The van der Waals surface area contributed by atoms with E-state index in [1.165, 1.54) is 121 Å². The molecule has 0 atom stereocenters. The SMILES string of the molecule is Cc1cc(Cc2c(C)c(C)c(Cc3c(C)c(C)c(CC=O)c(C)c3C)c(C)c2C)c(C)c(C)c1CC1CCC(C)CC1. The summed E-state index contributed by atoms with van der Waals surface area (Å²) in [5, 5.41) is 0. The highest BCUT2D eigenvalue weighted by Gasteiger charge is 2.23. The zero-order chi connectivity index (χ0) is 31.0. The van der Waals surface area contributed by atoms with Crippen LogP contribution >= 0.6 is 0 Å². The largest absolute Gasteiger partial charge is 0.303 e. The molecule has 226 valence electrons. The molecule has 3 aromatic carbocycles. The zero-order valence-electron chi connectivity index (χ0n) is 28.9. The third-order valence-corrected chi connectivity index (χ3v) is 11.9. The molecule has 1 saturated carbocycles. The van der Waals surface area contributed by atoms with E-state index in [9.17, 15) is 4.79 Å². The van der Waals surface area contributed by atoms with Gasteiger partial charge in [0.05, 0.1) is 0 Å². The van der Waals surface area contributed by atoms with Crippen LogP contribution in [0.5, 0.6) is 0 Å². The van der Waals surface area contributed by atoms with E-state index in [1.807, 2.05) is 0 Å². The second kappa shape index (κ2) is 12.9. The highest BCUT2D eigenvalue weighted by molar-refractivity contribution is 5.62. The Morgan fingerprint density at radius 3 is 1.40 bits per heavy atom. The van der Waals surface area contributed by atoms with Crippen LogP contribution in [-0.4, -0.2) is 6.29 Å². The standard InChI is InChI=1S/C41H56O/c1-23-13-15-35(16-14-23)20-38-24(2)19-36(25(3)26(38)4)21-39-31(9)33(11)41(34(12)32(39)10)22-40-29(7)27(5)37(17-18-42)28(6)30(40)8/h18-19,23,35H,13-17,20-22H2,1-12H3. The maximum atomic E-state index is 11.4. The Hall–Kier alpha value is -2.67. The summed E-state index contributed by atoms with van der Waals surface area (Å²) in [4.78, 5) is 11.4. The lowest BCUT2D eigenvalue weighted by atomic mass is 9.77. The fourth-order valence-electron chi connectivity index (χ4n) is 8.03. The van der Waals surface area contributed by atoms with Gasteiger partial charge in [0.1, 0.15) is 6.29 Å². The van der Waals surface area contributed by atoms with Crippen LogP contribution in [-0.2, 0) is 30.5 Å². The summed E-state index contributed by atoms with van der Waals surface area (Å²) < 4.78 is 0. The van der Waals surface area contributed by atoms with Crippen molar-refractivity contribution in [1.82, 2.24) is 0 Å². The summed E-state index contributed by atoms with van der Waals surface area (Å²) in [6, 6.07) is 2.51. The van der Waals surface area contributed by atoms with Gasteiger partial charge >= 0.3 is 0 Å². The lowest BCUT2D eigenvalue weighted by Crippen LogP contribution is -2.16. The molecule has 0 spiro atoms. The fraction of sp³-hybridized carbons (Fsp3) is 0.537. The van der Waals surface area contributed by atoms with Crippen LogP contribution < -0.4 is 0 Å². The van der Waals surface area contributed by atoms with Gasteiger partial charge in [-0.25, -0.2) is 0 Å². The molecule has 1 aliphatic rings. The minimum Gasteiger partial charge on any atom is -0.303 e. The minimum absolute atomic E-state index is 0.504. The van der Waals surface area contributed by atoms with Crippen LogP contribution in [0, 0.1) is 88.0 Å². The van der Waals surface area contributed by atoms with E-state index in [0.29, 0.717) is 6.42 Å². The van der Waals surface area contributed by atoms with Crippen LogP contribution in [0.2, 0.25) is 0 Å². The van der Waals surface area contributed by atoms with Crippen molar-refractivity contribution in [3.8, 4) is 0 Å². The number of rotatable bonds is 8. The lowest BCUT2D eigenvalue weighted by Gasteiger charge is -2.28. The molecule has 0 heterocycles. The number of carbonyl (C=O) groups is 1. The summed E-state index contributed by atoms with van der Waals surface area (Å²) >= 11 is 0. The summed E-state index contributed by atoms with van der Waals surface area (Å²) in [6.45, 7) is 27.7. The topological polar surface area (TPSA) is 17.1 Å². The molecule has 0 radical (unpaired) electrons. The molecule has 0 aromatic heterocycles. The maximum absolute atomic E-state index is 11.4. The van der Waals surface area contributed by atoms with E-state index >= 15 is 0 Å². The molecule has 3 aromatic rings. The molecule has 42 heavy (non-hydrogen) atoms. The lowest BCUT2D eigenvalue weighted by molar-refractivity contribution is -0.107. The van der Waals surface area contributed by atoms with Crippen molar-refractivity contribution < 1.29 is 4.79 Å². The average Bonchev–Trinajstić information content (AvgIpc) is 2.96. The average molecular weight is 565 g/mol. The first-order valence-electron chi connectivity index (χ1n) is 16.5. The predicted molar refractivity (Wildman–Crippen MR) is 182 cm³/mol. The first-order valence-corrected chi connectivity index (χ1v) is 16.5. The number of hydrogen-bond acceptors (Lipinski definition) is 1. The highest BCUT2D eigenvalue weighted by atomic mass is 16.1. The van der Waals surface area contributed by atoms with Crippen molar-refractivity contribution in [3.05, 3.63) is 101 Å². The molecule has 0 unspecified atom stereocenters. The monoisotopic (exact) mass is 564 g/mol. The van der Waals surface area contributed by atoms with Crippen LogP contribution in [0.1, 0.15) is 127 Å². The molecule has 0 bridgehead atoms. The number of hydrogen-bond donors (Lipinski definition) is 0. The Kier molecular flexibility index (Phi) is 9.91. The number of aryl methyl sites for hydroxylation is 1. The van der Waals surface area contributed by atoms with E-state index in [2.05, 4.69) is 89.2 Å². The smallest absolute Gasteiger partial charge is 0.124 e. The Morgan fingerprint density at radius 2 is 0.952 bits per heavy atom. The van der Waals surface area contributed by atoms with Gasteiger partial charge in [0.2, 0.25) is 0 Å². The van der Waals surface area contributed by atoms with E-state index in [0.717, 1.165) is 31.0 Å². The predicted octanol–water partition coefficient (Wildman–Crippen LogP) is 10.4. The fourth-order valence-corrected chi connectivity index (χ4v) is 8.03. The summed E-state index contributed by atoms with van der Waals surface area (Å²) in [7, 11) is 0. The van der Waals surface area contributed by atoms with E-state index in [4.69, 9.17) is 0 Å². The van der Waals surface area contributed by atoms with Gasteiger partial charge in [0.15, 0.2) is 0 Å². The molecule has 1 aliphatic carbocycles. The Balaban J connectivity index is 1.69. The van der Waals surface area contributed by atoms with Crippen molar-refractivity contribution in [3.63, 3.8) is 0 Å². The van der Waals surface area contributed by atoms with E-state index in [-0.39, 0.29) is 0 Å². The van der Waals surface area contributed by atoms with Crippen molar-refractivity contribution in [1.29, 1.82) is 0 Å². The summed E-state index contributed by atoms with van der Waals surface area (Å²) in [5.74, 6) is 1.76. The Morgan fingerprint density at radius 1 is 0.548 bits per heavy atom. The van der Waals surface area contributed by atoms with Gasteiger partial charge in [-0.15, -0.1) is 0 Å². The number of benzene rings is 3. The van der Waals surface area contributed by atoms with Crippen LogP contribution in [0.15, 0.2) is 6.07 Å². The van der Waals surface area contributed by atoms with Gasteiger partial charge in [-0.1, -0.05) is 25.8 Å². The van der Waals surface area contributed by atoms with Crippen molar-refractivity contribution >= 4 is 6.29 Å². The second-order valence-corrected chi connectivity index (χ2v) is 14.0. The molecule has 0 amide bonds. The van der Waals surface area contributed by atoms with Crippen LogP contribution in [0.25, 0.3) is 0 Å². The van der Waals surface area contributed by atoms with Crippen LogP contribution in [0.4, 0.5) is 0 Å². The molecular formula is C41H56O. The highest BCUT2D eigenvalue weighted by Crippen LogP contribution is 2.37. The molecular weight excluding hydrogens is 508 g/mol. The first-order chi connectivity index (χ1) is 19.8. The Labute approximate surface area is 257 Å². The number of carbonyl (C=O) groups excluding carboxylic acids is 1. The minimum atomic E-state index is 0.504. The van der Waals surface area contributed by atoms with Gasteiger partial charge < -0.3 is 4.79 Å². The number of aldehydes is 1. The molecule has 0 N–H and O–H groups in total. The van der Waals surface area contributed by atoms with E-state index < -0.39 is 0 Å². The third-order valence-electron chi connectivity index (χ3n) is 11.9. The van der Waals surface area contributed by atoms with Gasteiger partial charge in [0, 0.05) is 6.42 Å². The molecule has 0 aliphatic heterocycles. The van der Waals surface area contributed by atoms with Gasteiger partial charge in [0.25, 0.3) is 0 Å². The second-order valence-electron chi connectivity index (χ2n) is 14.0. The van der Waals surface area contributed by atoms with Gasteiger partial charge in [-0.2, -0.15) is 0 Å². The van der Waals surface area contributed by atoms with E-state index in [1.54, 1.807) is 5.56 Å². The van der Waals surface area contributed by atoms with Crippen LogP contribution in [0.3, 0.4) is 0 Å². The maximum Gasteiger partial charge on any atom is 0.124 e. The molecule has 0 saturated heterocycles. The summed E-state index contributed by atoms with van der Waals surface area (Å²) in [6.07, 6.45) is 10.3. The van der Waals surface area contributed by atoms with Crippen molar-refractivity contribution in [2.24, 2.45) is 11.8 Å². The molecule has 1 fully saturated rings. The quantitative estimate of drug-likeness (QED) is 0.249. The normalized spacial score (nSPS) is 17.1. The zero-order valence-corrected chi connectivity index (χ0v) is 28.9. The van der Waals surface area contributed by atoms with Gasteiger partial charge in [-0.05, 0) is 215 Å². The molecule has 1 heteroatoms.